The maximum Gasteiger partial charge on any atom is 0.460 e. The van der Waals surface area contributed by atoms with Crippen molar-refractivity contribution in [2.45, 2.75) is 38.5 Å². The summed E-state index contributed by atoms with van der Waals surface area (Å²) in [6.45, 7) is -0.624. The maximum atomic E-state index is 12.7. The lowest BCUT2D eigenvalue weighted by Crippen LogP contribution is -2.49. The summed E-state index contributed by atoms with van der Waals surface area (Å²) >= 11 is 0. The summed E-state index contributed by atoms with van der Waals surface area (Å²) in [5.41, 5.74) is -2.86. The smallest absolute Gasteiger partial charge is 0.460 e. The van der Waals surface area contributed by atoms with E-state index < -0.39 is 55.2 Å². The highest BCUT2D eigenvalue weighted by Gasteiger charge is 2.62. The van der Waals surface area contributed by atoms with E-state index in [9.17, 15) is 40.3 Å². The van der Waals surface area contributed by atoms with Crippen molar-refractivity contribution in [3.05, 3.63) is 0 Å². The number of aliphatic hydroxyl groups is 1. The van der Waals surface area contributed by atoms with E-state index in [0.29, 0.717) is 6.92 Å². The minimum atomic E-state index is -5.96. The molecule has 0 fully saturated rings. The van der Waals surface area contributed by atoms with Gasteiger partial charge in [-0.15, -0.1) is 0 Å². The van der Waals surface area contributed by atoms with Gasteiger partial charge in [-0.25, -0.2) is 4.79 Å². The number of esters is 2. The Morgan fingerprint density at radius 2 is 1.26 bits per heavy atom. The minimum absolute atomic E-state index is 0.547. The molecule has 0 heterocycles. The molecular weight excluding hydrogens is 345 g/mol. The first kappa shape index (κ1) is 21.4. The third-order valence-corrected chi connectivity index (χ3v) is 2.98. The van der Waals surface area contributed by atoms with Crippen LogP contribution in [0.3, 0.4) is 0 Å². The van der Waals surface area contributed by atoms with Gasteiger partial charge in [0.05, 0.1) is 0 Å². The Hall–Kier alpha value is -1.59. The van der Waals surface area contributed by atoms with Crippen LogP contribution in [0.5, 0.6) is 0 Å². The first-order valence-corrected chi connectivity index (χ1v) is 6.00. The average Bonchev–Trinajstić information content (AvgIpc) is 2.39. The van der Waals surface area contributed by atoms with E-state index in [2.05, 4.69) is 9.47 Å². The predicted octanol–water partition coefficient (Wildman–Crippen LogP) is 2.27. The number of rotatable bonds is 6. The molecule has 5 nitrogen and oxygen atoms in total. The van der Waals surface area contributed by atoms with Crippen LogP contribution in [0, 0.1) is 5.41 Å². The summed E-state index contributed by atoms with van der Waals surface area (Å²) < 4.78 is 94.3. The molecule has 12 heteroatoms. The molecule has 1 N–H and O–H groups in total. The zero-order valence-electron chi connectivity index (χ0n) is 11.8. The summed E-state index contributed by atoms with van der Waals surface area (Å²) in [5.74, 6) is -9.74. The Morgan fingerprint density at radius 1 is 0.870 bits per heavy atom. The lowest BCUT2D eigenvalue weighted by atomic mass is 9.87. The molecule has 0 aliphatic heterocycles. The summed E-state index contributed by atoms with van der Waals surface area (Å²) in [5, 5.41) is 8.28. The Balaban J connectivity index is 4.54. The predicted molar refractivity (Wildman–Crippen MR) is 58.5 cm³/mol. The van der Waals surface area contributed by atoms with Crippen molar-refractivity contribution in [1.82, 2.24) is 0 Å². The van der Waals surface area contributed by atoms with Gasteiger partial charge in [0.1, 0.15) is 13.2 Å². The first-order chi connectivity index (χ1) is 10.1. The molecule has 2 atom stereocenters. The van der Waals surface area contributed by atoms with Crippen molar-refractivity contribution in [3.63, 3.8) is 0 Å². The second kappa shape index (κ2) is 6.89. The normalized spacial score (nSPS) is 17.8. The highest BCUT2D eigenvalue weighted by molar-refractivity contribution is 5.78. The summed E-state index contributed by atoms with van der Waals surface area (Å²) in [6.07, 6.45) is -11.6. The van der Waals surface area contributed by atoms with Crippen LogP contribution in [0.2, 0.25) is 0 Å². The highest BCUT2D eigenvalue weighted by atomic mass is 19.4. The number of hydrogen-bond acceptors (Lipinski definition) is 5. The molecule has 0 saturated heterocycles. The van der Waals surface area contributed by atoms with E-state index in [1.807, 2.05) is 0 Å². The zero-order valence-corrected chi connectivity index (χ0v) is 11.8. The highest BCUT2D eigenvalue weighted by Crippen LogP contribution is 2.41. The van der Waals surface area contributed by atoms with Gasteiger partial charge in [-0.05, 0) is 13.3 Å². The molecular formula is C11H13F7O5. The second-order valence-corrected chi connectivity index (χ2v) is 4.58. The van der Waals surface area contributed by atoms with Gasteiger partial charge in [0.25, 0.3) is 0 Å². The van der Waals surface area contributed by atoms with Crippen LogP contribution in [0.4, 0.5) is 30.7 Å². The molecule has 0 aliphatic carbocycles. The maximum absolute atomic E-state index is 12.7. The largest absolute Gasteiger partial charge is 0.461 e. The zero-order chi connectivity index (χ0) is 18.7. The van der Waals surface area contributed by atoms with Crippen LogP contribution in [0.25, 0.3) is 0 Å². The standard InChI is InChI=1S/C11H13F7O5/c1-3-8(2,10(13,14)15)6(19)22-4-5-23-7(20)9(12,21)11(16,17)18/h21H,3-5H2,1-2H3. The average molecular weight is 358 g/mol. The number of halogens is 7. The first-order valence-electron chi connectivity index (χ1n) is 6.00. The molecule has 0 spiro atoms. The third kappa shape index (κ3) is 4.69. The van der Waals surface area contributed by atoms with Crippen molar-refractivity contribution in [3.8, 4) is 0 Å². The molecule has 0 aromatic heterocycles. The third-order valence-electron chi connectivity index (χ3n) is 2.98. The van der Waals surface area contributed by atoms with E-state index in [4.69, 9.17) is 5.11 Å². The lowest BCUT2D eigenvalue weighted by molar-refractivity contribution is -0.308. The molecule has 0 aromatic carbocycles. The number of ether oxygens (including phenoxy) is 2. The fourth-order valence-electron chi connectivity index (χ4n) is 1.10. The van der Waals surface area contributed by atoms with Gasteiger partial charge < -0.3 is 14.6 Å². The van der Waals surface area contributed by atoms with Gasteiger partial charge in [-0.3, -0.25) is 4.79 Å². The molecule has 2 unspecified atom stereocenters. The van der Waals surface area contributed by atoms with E-state index in [0.717, 1.165) is 6.92 Å². The number of carbonyl (C=O) groups excluding carboxylic acids is 2. The molecule has 0 bridgehead atoms. The fraction of sp³-hybridized carbons (Fsp3) is 0.818. The number of hydrogen-bond donors (Lipinski definition) is 1. The van der Waals surface area contributed by atoms with Crippen LogP contribution >= 0.6 is 0 Å². The van der Waals surface area contributed by atoms with Gasteiger partial charge in [0, 0.05) is 0 Å². The van der Waals surface area contributed by atoms with Crippen LogP contribution in [0.1, 0.15) is 20.3 Å². The van der Waals surface area contributed by atoms with Gasteiger partial charge in [0.2, 0.25) is 0 Å². The van der Waals surface area contributed by atoms with Crippen molar-refractivity contribution < 1.29 is 54.9 Å². The van der Waals surface area contributed by atoms with E-state index in [1.165, 1.54) is 0 Å². The minimum Gasteiger partial charge on any atom is -0.461 e. The van der Waals surface area contributed by atoms with Crippen molar-refractivity contribution >= 4 is 11.9 Å². The second-order valence-electron chi connectivity index (χ2n) is 4.58. The van der Waals surface area contributed by atoms with E-state index in [1.54, 1.807) is 0 Å². The van der Waals surface area contributed by atoms with Gasteiger partial charge >= 0.3 is 30.1 Å². The summed E-state index contributed by atoms with van der Waals surface area (Å²) in [7, 11) is 0. The molecule has 136 valence electrons. The monoisotopic (exact) mass is 358 g/mol. The van der Waals surface area contributed by atoms with Gasteiger partial charge in [-0.2, -0.15) is 30.7 Å². The van der Waals surface area contributed by atoms with Crippen LogP contribution < -0.4 is 0 Å². The van der Waals surface area contributed by atoms with Crippen LogP contribution in [-0.2, 0) is 19.1 Å². The molecule has 0 saturated carbocycles. The Morgan fingerprint density at radius 3 is 1.57 bits per heavy atom. The summed E-state index contributed by atoms with van der Waals surface area (Å²) in [6, 6.07) is 0. The molecule has 0 radical (unpaired) electrons. The van der Waals surface area contributed by atoms with Gasteiger partial charge in [0.15, 0.2) is 5.41 Å². The lowest BCUT2D eigenvalue weighted by Gasteiger charge is -2.28. The molecule has 0 rings (SSSR count). The van der Waals surface area contributed by atoms with Crippen LogP contribution in [0.15, 0.2) is 0 Å². The molecule has 0 aliphatic rings. The Bertz CT molecular complexity index is 443. The van der Waals surface area contributed by atoms with Crippen molar-refractivity contribution in [2.75, 3.05) is 13.2 Å². The van der Waals surface area contributed by atoms with E-state index in [-0.39, 0.29) is 0 Å². The molecule has 0 aromatic rings. The summed E-state index contributed by atoms with van der Waals surface area (Å²) in [4.78, 5) is 22.0. The fourth-order valence-corrected chi connectivity index (χ4v) is 1.10. The van der Waals surface area contributed by atoms with E-state index >= 15 is 0 Å². The van der Waals surface area contributed by atoms with Crippen molar-refractivity contribution in [1.29, 1.82) is 0 Å². The Labute approximate surface area is 125 Å². The van der Waals surface area contributed by atoms with Gasteiger partial charge in [-0.1, -0.05) is 6.92 Å². The molecule has 0 amide bonds. The molecule has 23 heavy (non-hydrogen) atoms. The topological polar surface area (TPSA) is 72.8 Å². The quantitative estimate of drug-likeness (QED) is 0.448. The van der Waals surface area contributed by atoms with Crippen LogP contribution in [-0.4, -0.2) is 48.5 Å². The Kier molecular flexibility index (Phi) is 6.41. The number of alkyl halides is 7. The SMILES string of the molecule is CCC(C)(C(=O)OCCOC(=O)C(O)(F)C(F)(F)F)C(F)(F)F. The van der Waals surface area contributed by atoms with Crippen molar-refractivity contribution in [2.24, 2.45) is 5.41 Å². The number of carbonyl (C=O) groups is 2.